The van der Waals surface area contributed by atoms with Gasteiger partial charge in [-0.3, -0.25) is 9.59 Å². The number of esters is 2. The minimum atomic E-state index is -0.554. The van der Waals surface area contributed by atoms with Crippen molar-refractivity contribution in [2.45, 2.75) is 284 Å². The van der Waals surface area contributed by atoms with Crippen LogP contribution in [0.2, 0.25) is 0 Å². The second kappa shape index (κ2) is 58.4. The zero-order chi connectivity index (χ0) is 49.2. The molecule has 0 radical (unpaired) electrons. The zero-order valence-electron chi connectivity index (χ0n) is 45.1. The number of hydrogen-bond donors (Lipinski definition) is 0. The number of hydrogen-bond acceptors (Lipinski definition) is 5. The second-order valence-corrected chi connectivity index (χ2v) is 19.2. The van der Waals surface area contributed by atoms with E-state index in [1.807, 2.05) is 0 Å². The summed E-state index contributed by atoms with van der Waals surface area (Å²) in [7, 11) is 0. The van der Waals surface area contributed by atoms with E-state index in [2.05, 4.69) is 106 Å². The van der Waals surface area contributed by atoms with Gasteiger partial charge in [0.2, 0.25) is 0 Å². The summed E-state index contributed by atoms with van der Waals surface area (Å²) in [6.07, 6.45) is 77.5. The van der Waals surface area contributed by atoms with Crippen molar-refractivity contribution >= 4 is 11.9 Å². The third-order valence-electron chi connectivity index (χ3n) is 12.4. The summed E-state index contributed by atoms with van der Waals surface area (Å²) in [5, 5.41) is 0. The molecule has 5 nitrogen and oxygen atoms in total. The average molecular weight is 948 g/mol. The fourth-order valence-electron chi connectivity index (χ4n) is 8.06. The van der Waals surface area contributed by atoms with Crippen LogP contribution in [0, 0.1) is 0 Å². The van der Waals surface area contributed by atoms with Crippen molar-refractivity contribution in [1.29, 1.82) is 0 Å². The van der Waals surface area contributed by atoms with Gasteiger partial charge in [-0.2, -0.15) is 0 Å². The van der Waals surface area contributed by atoms with E-state index >= 15 is 0 Å². The van der Waals surface area contributed by atoms with Crippen LogP contribution in [0.4, 0.5) is 0 Å². The van der Waals surface area contributed by atoms with E-state index < -0.39 is 6.10 Å². The molecular formula is C63H110O5. The molecule has 0 heterocycles. The Bertz CT molecular complexity index is 1250. The third kappa shape index (κ3) is 55.7. The third-order valence-corrected chi connectivity index (χ3v) is 12.4. The largest absolute Gasteiger partial charge is 0.462 e. The molecule has 0 aromatic rings. The monoisotopic (exact) mass is 947 g/mol. The lowest BCUT2D eigenvalue weighted by Crippen LogP contribution is -2.30. The summed E-state index contributed by atoms with van der Waals surface area (Å²) < 4.78 is 17.5. The Hall–Kier alpha value is -2.92. The molecule has 0 fully saturated rings. The first-order chi connectivity index (χ1) is 33.6. The average Bonchev–Trinajstić information content (AvgIpc) is 3.34. The lowest BCUT2D eigenvalue weighted by molar-refractivity contribution is -0.163. The van der Waals surface area contributed by atoms with E-state index in [0.717, 1.165) is 103 Å². The molecule has 0 aliphatic carbocycles. The van der Waals surface area contributed by atoms with Crippen LogP contribution in [0.25, 0.3) is 0 Å². The molecule has 0 spiro atoms. The molecule has 0 bridgehead atoms. The lowest BCUT2D eigenvalue weighted by atomic mass is 10.1. The molecule has 0 aliphatic rings. The van der Waals surface area contributed by atoms with Crippen molar-refractivity contribution in [2.24, 2.45) is 0 Å². The van der Waals surface area contributed by atoms with Crippen LogP contribution >= 0.6 is 0 Å². The number of ether oxygens (including phenoxy) is 3. The molecule has 0 N–H and O–H groups in total. The fraction of sp³-hybridized carbons (Fsp3) is 0.746. The van der Waals surface area contributed by atoms with Gasteiger partial charge in [0.1, 0.15) is 6.61 Å². The Morgan fingerprint density at radius 3 is 1.13 bits per heavy atom. The van der Waals surface area contributed by atoms with Gasteiger partial charge >= 0.3 is 11.9 Å². The Labute approximate surface area is 422 Å². The van der Waals surface area contributed by atoms with Gasteiger partial charge in [-0.15, -0.1) is 0 Å². The molecule has 5 heteroatoms. The van der Waals surface area contributed by atoms with Gasteiger partial charge in [0.15, 0.2) is 6.10 Å². The van der Waals surface area contributed by atoms with Gasteiger partial charge in [-0.05, 0) is 109 Å². The van der Waals surface area contributed by atoms with Crippen LogP contribution in [0.15, 0.2) is 85.1 Å². The summed E-state index contributed by atoms with van der Waals surface area (Å²) in [6, 6.07) is 0. The topological polar surface area (TPSA) is 61.8 Å². The molecule has 0 saturated heterocycles. The van der Waals surface area contributed by atoms with Gasteiger partial charge in [0.25, 0.3) is 0 Å². The van der Waals surface area contributed by atoms with E-state index in [1.54, 1.807) is 0 Å². The van der Waals surface area contributed by atoms with Crippen LogP contribution in [0.5, 0.6) is 0 Å². The van der Waals surface area contributed by atoms with Crippen LogP contribution in [-0.2, 0) is 23.8 Å². The van der Waals surface area contributed by atoms with E-state index in [4.69, 9.17) is 14.2 Å². The van der Waals surface area contributed by atoms with E-state index in [-0.39, 0.29) is 25.2 Å². The van der Waals surface area contributed by atoms with Crippen molar-refractivity contribution in [3.63, 3.8) is 0 Å². The molecule has 1 unspecified atom stereocenters. The standard InChI is InChI=1S/C63H110O5/c1-4-7-10-13-16-19-22-25-27-29-31-33-35-37-40-43-46-49-52-55-58-66-59-61(68-63(65)57-54-51-48-45-42-38-24-21-18-15-12-9-6-3)60-67-62(64)56-53-50-47-44-41-39-36-34-32-30-28-26-23-20-17-14-11-8-5-2/h8,11-12,15,17,20-21,24-28,32,34,61H,4-7,9-10,13-14,16,18-19,22-23,29-31,33,35-60H2,1-3H3/b11-8-,15-12-,20-17-,24-21-,27-25-,28-26-,34-32-. The first-order valence-electron chi connectivity index (χ1n) is 29.1. The maximum atomic E-state index is 12.8. The molecule has 68 heavy (non-hydrogen) atoms. The van der Waals surface area contributed by atoms with E-state index in [9.17, 15) is 9.59 Å². The van der Waals surface area contributed by atoms with Gasteiger partial charge in [0, 0.05) is 19.4 Å². The van der Waals surface area contributed by atoms with E-state index in [0.29, 0.717) is 19.4 Å². The molecule has 0 aromatic heterocycles. The second-order valence-electron chi connectivity index (χ2n) is 19.2. The number of carbonyl (C=O) groups excluding carboxylic acids is 2. The predicted molar refractivity (Wildman–Crippen MR) is 297 cm³/mol. The molecule has 392 valence electrons. The first kappa shape index (κ1) is 65.1. The SMILES string of the molecule is CC/C=C\C/C=C\C/C=C\C/C=C\CCCCCCCCC(=O)OCC(COCCCCCCCCCCCC/C=C\CCCCCCCC)OC(=O)CCCCCCC/C=C\C/C=C\CCC. The predicted octanol–water partition coefficient (Wildman–Crippen LogP) is 20.0. The van der Waals surface area contributed by atoms with Gasteiger partial charge in [0.05, 0.1) is 6.61 Å². The normalized spacial score (nSPS) is 12.8. The van der Waals surface area contributed by atoms with Crippen LogP contribution < -0.4 is 0 Å². The molecule has 0 saturated carbocycles. The molecule has 0 rings (SSSR count). The Balaban J connectivity index is 4.27. The maximum Gasteiger partial charge on any atom is 0.306 e. The van der Waals surface area contributed by atoms with E-state index in [1.165, 1.54) is 141 Å². The fourth-order valence-corrected chi connectivity index (χ4v) is 8.06. The van der Waals surface area contributed by atoms with Crippen LogP contribution in [0.3, 0.4) is 0 Å². The molecule has 0 amide bonds. The summed E-state index contributed by atoms with van der Waals surface area (Å²) >= 11 is 0. The number of unbranched alkanes of at least 4 members (excludes halogenated alkanes) is 28. The summed E-state index contributed by atoms with van der Waals surface area (Å²) in [5.74, 6) is -0.425. The summed E-state index contributed by atoms with van der Waals surface area (Å²) in [6.45, 7) is 7.64. The first-order valence-corrected chi connectivity index (χ1v) is 29.1. The highest BCUT2D eigenvalue weighted by Crippen LogP contribution is 2.15. The highest BCUT2D eigenvalue weighted by Gasteiger charge is 2.17. The number of carbonyl (C=O) groups is 2. The van der Waals surface area contributed by atoms with Crippen molar-refractivity contribution < 1.29 is 23.8 Å². The zero-order valence-corrected chi connectivity index (χ0v) is 45.1. The Kier molecular flexibility index (Phi) is 55.9. The quantitative estimate of drug-likeness (QED) is 0.0345. The number of allylic oxidation sites excluding steroid dienone is 14. The molecular weight excluding hydrogens is 837 g/mol. The molecule has 0 aliphatic heterocycles. The smallest absolute Gasteiger partial charge is 0.306 e. The van der Waals surface area contributed by atoms with Crippen LogP contribution in [0.1, 0.15) is 278 Å². The molecule has 0 aromatic carbocycles. The highest BCUT2D eigenvalue weighted by molar-refractivity contribution is 5.70. The van der Waals surface area contributed by atoms with Crippen LogP contribution in [-0.4, -0.2) is 37.9 Å². The maximum absolute atomic E-state index is 12.8. The minimum absolute atomic E-state index is 0.0692. The van der Waals surface area contributed by atoms with Gasteiger partial charge in [-0.25, -0.2) is 0 Å². The number of rotatable bonds is 53. The minimum Gasteiger partial charge on any atom is -0.462 e. The van der Waals surface area contributed by atoms with Crippen molar-refractivity contribution in [3.8, 4) is 0 Å². The Morgan fingerprint density at radius 2 is 0.691 bits per heavy atom. The van der Waals surface area contributed by atoms with Crippen molar-refractivity contribution in [1.82, 2.24) is 0 Å². The lowest BCUT2D eigenvalue weighted by Gasteiger charge is -2.18. The molecule has 1 atom stereocenters. The Morgan fingerprint density at radius 1 is 0.338 bits per heavy atom. The van der Waals surface area contributed by atoms with Gasteiger partial charge in [-0.1, -0.05) is 241 Å². The highest BCUT2D eigenvalue weighted by atomic mass is 16.6. The van der Waals surface area contributed by atoms with Crippen molar-refractivity contribution in [2.75, 3.05) is 19.8 Å². The summed E-state index contributed by atoms with van der Waals surface area (Å²) in [5.41, 5.74) is 0. The summed E-state index contributed by atoms with van der Waals surface area (Å²) in [4.78, 5) is 25.5. The van der Waals surface area contributed by atoms with Crippen molar-refractivity contribution in [3.05, 3.63) is 85.1 Å². The van der Waals surface area contributed by atoms with Gasteiger partial charge < -0.3 is 14.2 Å².